The average molecular weight is 280 g/mol. The van der Waals surface area contributed by atoms with Gasteiger partial charge in [0.15, 0.2) is 0 Å². The fourth-order valence-electron chi connectivity index (χ4n) is 2.02. The van der Waals surface area contributed by atoms with Crippen LogP contribution in [0.25, 0.3) is 0 Å². The van der Waals surface area contributed by atoms with E-state index in [0.29, 0.717) is 6.54 Å². The van der Waals surface area contributed by atoms with Crippen LogP contribution in [-0.2, 0) is 0 Å². The minimum atomic E-state index is -1.05. The molecule has 0 aromatic carbocycles. The number of hydrogen-bond donors (Lipinski definition) is 1. The summed E-state index contributed by atoms with van der Waals surface area (Å²) in [6.07, 6.45) is 2.32. The monoisotopic (exact) mass is 280 g/mol. The molecule has 1 saturated heterocycles. The Morgan fingerprint density at radius 2 is 2.26 bits per heavy atom. The number of thioether (sulfide) groups is 1. The van der Waals surface area contributed by atoms with E-state index < -0.39 is 5.97 Å². The third-order valence-corrected chi connectivity index (χ3v) is 4.17. The standard InChI is InChI=1S/C13H16N2O3S/c1-9-3-6-19-7-5-15(9)12(16)11-8-10(13(17)18)2-4-14-11/h2,4,8-9H,3,5-7H2,1H3,(H,17,18). The predicted octanol–water partition coefficient (Wildman–Crippen LogP) is 1.75. The number of nitrogens with zero attached hydrogens (tertiary/aromatic N) is 2. The van der Waals surface area contributed by atoms with E-state index >= 15 is 0 Å². The molecule has 1 aromatic heterocycles. The molecule has 0 spiro atoms. The zero-order chi connectivity index (χ0) is 13.8. The molecule has 0 saturated carbocycles. The van der Waals surface area contributed by atoms with Gasteiger partial charge in [0.25, 0.3) is 5.91 Å². The number of carbonyl (C=O) groups excluding carboxylic acids is 1. The molecule has 2 heterocycles. The molecule has 1 fully saturated rings. The van der Waals surface area contributed by atoms with Gasteiger partial charge in [0.05, 0.1) is 5.56 Å². The number of hydrogen-bond acceptors (Lipinski definition) is 4. The van der Waals surface area contributed by atoms with Crippen LogP contribution in [0.3, 0.4) is 0 Å². The molecule has 1 aliphatic rings. The van der Waals surface area contributed by atoms with Crippen molar-refractivity contribution in [2.75, 3.05) is 18.1 Å². The Kier molecular flexibility index (Phi) is 4.42. The van der Waals surface area contributed by atoms with Crippen LogP contribution in [0.1, 0.15) is 34.2 Å². The van der Waals surface area contributed by atoms with E-state index in [1.807, 2.05) is 18.7 Å². The van der Waals surface area contributed by atoms with Crippen LogP contribution < -0.4 is 0 Å². The van der Waals surface area contributed by atoms with Crippen LogP contribution in [0.5, 0.6) is 0 Å². The normalized spacial score (nSPS) is 19.8. The molecule has 1 atom stereocenters. The van der Waals surface area contributed by atoms with Crippen molar-refractivity contribution in [2.24, 2.45) is 0 Å². The van der Waals surface area contributed by atoms with Crippen LogP contribution in [0.2, 0.25) is 0 Å². The first kappa shape index (κ1) is 13.9. The molecular weight excluding hydrogens is 264 g/mol. The molecule has 1 N–H and O–H groups in total. The molecule has 1 aromatic rings. The van der Waals surface area contributed by atoms with Gasteiger partial charge < -0.3 is 10.0 Å². The number of carbonyl (C=O) groups is 2. The van der Waals surface area contributed by atoms with E-state index in [2.05, 4.69) is 4.98 Å². The Bertz CT molecular complexity index is 493. The number of carboxylic acids is 1. The largest absolute Gasteiger partial charge is 0.478 e. The molecule has 19 heavy (non-hydrogen) atoms. The van der Waals surface area contributed by atoms with Gasteiger partial charge in [0.1, 0.15) is 5.69 Å². The molecule has 0 aliphatic carbocycles. The van der Waals surface area contributed by atoms with Gasteiger partial charge in [-0.15, -0.1) is 0 Å². The van der Waals surface area contributed by atoms with Crippen LogP contribution in [0, 0.1) is 0 Å². The molecule has 102 valence electrons. The Morgan fingerprint density at radius 1 is 1.47 bits per heavy atom. The minimum absolute atomic E-state index is 0.0928. The van der Waals surface area contributed by atoms with E-state index in [-0.39, 0.29) is 23.2 Å². The first-order valence-corrected chi connectivity index (χ1v) is 7.33. The highest BCUT2D eigenvalue weighted by atomic mass is 32.2. The van der Waals surface area contributed by atoms with Crippen molar-refractivity contribution in [3.8, 4) is 0 Å². The van der Waals surface area contributed by atoms with Crippen molar-refractivity contribution in [1.82, 2.24) is 9.88 Å². The molecule has 5 nitrogen and oxygen atoms in total. The van der Waals surface area contributed by atoms with Gasteiger partial charge in [-0.3, -0.25) is 9.78 Å². The minimum Gasteiger partial charge on any atom is -0.478 e. The molecule has 0 radical (unpaired) electrons. The number of aromatic carboxylic acids is 1. The van der Waals surface area contributed by atoms with Gasteiger partial charge in [0.2, 0.25) is 0 Å². The third-order valence-electron chi connectivity index (χ3n) is 3.18. The fraction of sp³-hybridized carbons (Fsp3) is 0.462. The van der Waals surface area contributed by atoms with Crippen molar-refractivity contribution in [3.05, 3.63) is 29.6 Å². The van der Waals surface area contributed by atoms with E-state index in [9.17, 15) is 9.59 Å². The van der Waals surface area contributed by atoms with E-state index in [1.54, 1.807) is 4.90 Å². The average Bonchev–Trinajstić information content (AvgIpc) is 2.63. The van der Waals surface area contributed by atoms with Gasteiger partial charge in [0, 0.05) is 24.5 Å². The van der Waals surface area contributed by atoms with Crippen molar-refractivity contribution < 1.29 is 14.7 Å². The van der Waals surface area contributed by atoms with E-state index in [0.717, 1.165) is 17.9 Å². The summed E-state index contributed by atoms with van der Waals surface area (Å²) in [5.41, 5.74) is 0.300. The zero-order valence-corrected chi connectivity index (χ0v) is 11.5. The maximum Gasteiger partial charge on any atom is 0.335 e. The molecule has 2 rings (SSSR count). The first-order chi connectivity index (χ1) is 9.09. The first-order valence-electron chi connectivity index (χ1n) is 6.17. The highest BCUT2D eigenvalue weighted by Gasteiger charge is 2.24. The molecular formula is C13H16N2O3S. The molecule has 6 heteroatoms. The number of pyridine rings is 1. The van der Waals surface area contributed by atoms with E-state index in [1.165, 1.54) is 18.3 Å². The van der Waals surface area contributed by atoms with Crippen molar-refractivity contribution in [3.63, 3.8) is 0 Å². The summed E-state index contributed by atoms with van der Waals surface area (Å²) in [4.78, 5) is 29.1. The number of carboxylic acid groups (broad SMARTS) is 1. The Hall–Kier alpha value is -1.56. The lowest BCUT2D eigenvalue weighted by molar-refractivity contribution is 0.0696. The lowest BCUT2D eigenvalue weighted by atomic mass is 10.1. The summed E-state index contributed by atoms with van der Waals surface area (Å²) >= 11 is 1.84. The molecule has 1 aliphatic heterocycles. The number of aromatic nitrogens is 1. The second kappa shape index (κ2) is 6.06. The second-order valence-corrected chi connectivity index (χ2v) is 5.71. The molecule has 1 amide bonds. The lowest BCUT2D eigenvalue weighted by Crippen LogP contribution is -2.39. The SMILES string of the molecule is CC1CCSCCN1C(=O)c1cc(C(=O)O)ccn1. The molecule has 0 bridgehead atoms. The maximum atomic E-state index is 12.4. The maximum absolute atomic E-state index is 12.4. The van der Waals surface area contributed by atoms with Gasteiger partial charge in [-0.2, -0.15) is 11.8 Å². The fourth-order valence-corrected chi connectivity index (χ4v) is 3.06. The summed E-state index contributed by atoms with van der Waals surface area (Å²) in [7, 11) is 0. The molecule has 1 unspecified atom stereocenters. The van der Waals surface area contributed by atoms with E-state index in [4.69, 9.17) is 5.11 Å². The number of rotatable bonds is 2. The topological polar surface area (TPSA) is 70.5 Å². The number of amides is 1. The predicted molar refractivity (Wildman–Crippen MR) is 73.6 cm³/mol. The van der Waals surface area contributed by atoms with Gasteiger partial charge >= 0.3 is 5.97 Å². The second-order valence-electron chi connectivity index (χ2n) is 4.48. The Morgan fingerprint density at radius 3 is 3.00 bits per heavy atom. The zero-order valence-electron chi connectivity index (χ0n) is 10.7. The lowest BCUT2D eigenvalue weighted by Gasteiger charge is -2.26. The van der Waals surface area contributed by atoms with Crippen LogP contribution in [-0.4, -0.2) is 51.0 Å². The smallest absolute Gasteiger partial charge is 0.335 e. The van der Waals surface area contributed by atoms with Crippen molar-refractivity contribution >= 4 is 23.6 Å². The highest BCUT2D eigenvalue weighted by Crippen LogP contribution is 2.18. The van der Waals surface area contributed by atoms with Gasteiger partial charge in [-0.25, -0.2) is 4.79 Å². The van der Waals surface area contributed by atoms with Gasteiger partial charge in [-0.05, 0) is 31.2 Å². The highest BCUT2D eigenvalue weighted by molar-refractivity contribution is 7.99. The van der Waals surface area contributed by atoms with Crippen LogP contribution >= 0.6 is 11.8 Å². The summed E-state index contributed by atoms with van der Waals surface area (Å²) in [5, 5.41) is 8.94. The third kappa shape index (κ3) is 3.26. The van der Waals surface area contributed by atoms with Crippen molar-refractivity contribution in [2.45, 2.75) is 19.4 Å². The summed E-state index contributed by atoms with van der Waals surface area (Å²) in [5.74, 6) is 0.733. The van der Waals surface area contributed by atoms with Crippen molar-refractivity contribution in [1.29, 1.82) is 0 Å². The Labute approximate surface area is 116 Å². The van der Waals surface area contributed by atoms with Crippen LogP contribution in [0.15, 0.2) is 18.3 Å². The quantitative estimate of drug-likeness (QED) is 0.893. The van der Waals surface area contributed by atoms with Gasteiger partial charge in [-0.1, -0.05) is 0 Å². The summed E-state index contributed by atoms with van der Waals surface area (Å²) < 4.78 is 0. The summed E-state index contributed by atoms with van der Waals surface area (Å²) in [6, 6.07) is 2.90. The Balaban J connectivity index is 2.22. The summed E-state index contributed by atoms with van der Waals surface area (Å²) in [6.45, 7) is 2.70. The van der Waals surface area contributed by atoms with Crippen LogP contribution in [0.4, 0.5) is 0 Å².